The second-order valence-corrected chi connectivity index (χ2v) is 3.83. The number of hydrogen-bond acceptors (Lipinski definition) is 5. The smallest absolute Gasteiger partial charge is 0.360 e. The zero-order valence-electron chi connectivity index (χ0n) is 9.06. The van der Waals surface area contributed by atoms with Crippen molar-refractivity contribution in [3.05, 3.63) is 11.8 Å². The third-order valence-corrected chi connectivity index (χ3v) is 2.82. The number of rotatable bonds is 2. The average Bonchev–Trinajstić information content (AvgIpc) is 2.81. The Balaban J connectivity index is 2.15. The van der Waals surface area contributed by atoms with Crippen molar-refractivity contribution in [2.45, 2.75) is 12.8 Å². The van der Waals surface area contributed by atoms with Gasteiger partial charge in [-0.2, -0.15) is 0 Å². The molecule has 1 saturated heterocycles. The highest BCUT2D eigenvalue weighted by Gasteiger charge is 2.29. The number of carbonyl (C=O) groups is 2. The zero-order valence-corrected chi connectivity index (χ0v) is 9.06. The lowest BCUT2D eigenvalue weighted by atomic mass is 9.92. The van der Waals surface area contributed by atoms with Crippen molar-refractivity contribution in [1.29, 1.82) is 0 Å². The molecular formula is C11H13NO4. The minimum absolute atomic E-state index is 0.106. The highest BCUT2D eigenvalue weighted by Crippen LogP contribution is 2.26. The summed E-state index contributed by atoms with van der Waals surface area (Å²) >= 11 is 0. The summed E-state index contributed by atoms with van der Waals surface area (Å²) in [5.41, 5.74) is 0.848. The molecule has 0 amide bonds. The van der Waals surface area contributed by atoms with Gasteiger partial charge in [-0.25, -0.2) is 9.79 Å². The molecule has 5 nitrogen and oxygen atoms in total. The van der Waals surface area contributed by atoms with E-state index < -0.39 is 5.97 Å². The van der Waals surface area contributed by atoms with Crippen LogP contribution in [0.2, 0.25) is 0 Å². The number of ketones is 1. The molecule has 2 heterocycles. The second kappa shape index (κ2) is 4.57. The molecule has 0 saturated carbocycles. The highest BCUT2D eigenvalue weighted by atomic mass is 16.5. The Hall–Kier alpha value is -1.49. The first kappa shape index (κ1) is 11.0. The Morgan fingerprint density at radius 2 is 2.44 bits per heavy atom. The van der Waals surface area contributed by atoms with E-state index >= 15 is 0 Å². The third-order valence-electron chi connectivity index (χ3n) is 2.82. The molecule has 0 N–H and O–H groups in total. The lowest BCUT2D eigenvalue weighted by Crippen LogP contribution is -2.28. The van der Waals surface area contributed by atoms with Crippen molar-refractivity contribution in [2.75, 3.05) is 20.3 Å². The Morgan fingerprint density at radius 1 is 1.62 bits per heavy atom. The largest absolute Gasteiger partial charge is 0.464 e. The van der Waals surface area contributed by atoms with Crippen LogP contribution in [-0.2, 0) is 19.1 Å². The Morgan fingerprint density at radius 3 is 3.00 bits per heavy atom. The number of aliphatic imine (C=N–C) groups is 1. The van der Waals surface area contributed by atoms with Gasteiger partial charge in [-0.05, 0) is 12.0 Å². The Labute approximate surface area is 93.1 Å². The van der Waals surface area contributed by atoms with Crippen LogP contribution in [0.4, 0.5) is 0 Å². The van der Waals surface area contributed by atoms with Crippen LogP contribution < -0.4 is 0 Å². The van der Waals surface area contributed by atoms with Gasteiger partial charge in [0.15, 0.2) is 11.5 Å². The van der Waals surface area contributed by atoms with E-state index in [0.29, 0.717) is 6.61 Å². The van der Waals surface area contributed by atoms with Gasteiger partial charge in [-0.3, -0.25) is 4.79 Å². The summed E-state index contributed by atoms with van der Waals surface area (Å²) in [4.78, 5) is 26.7. The second-order valence-electron chi connectivity index (χ2n) is 3.83. The average molecular weight is 223 g/mol. The topological polar surface area (TPSA) is 65.0 Å². The fraction of sp³-hybridized carbons (Fsp3) is 0.545. The van der Waals surface area contributed by atoms with Crippen molar-refractivity contribution in [2.24, 2.45) is 10.9 Å². The van der Waals surface area contributed by atoms with E-state index in [4.69, 9.17) is 4.74 Å². The molecule has 16 heavy (non-hydrogen) atoms. The molecule has 0 radical (unpaired) electrons. The molecule has 86 valence electrons. The zero-order chi connectivity index (χ0) is 11.5. The summed E-state index contributed by atoms with van der Waals surface area (Å²) in [6.45, 7) is 1.37. The molecule has 5 heteroatoms. The number of nitrogens with zero attached hydrogens (tertiary/aromatic N) is 1. The van der Waals surface area contributed by atoms with E-state index in [1.54, 1.807) is 6.20 Å². The van der Waals surface area contributed by atoms with E-state index in [-0.39, 0.29) is 23.8 Å². The number of hydrogen-bond donors (Lipinski definition) is 0. The normalized spacial score (nSPS) is 25.1. The summed E-state index contributed by atoms with van der Waals surface area (Å²) in [5.74, 6) is -0.661. The fourth-order valence-electron chi connectivity index (χ4n) is 1.87. The van der Waals surface area contributed by atoms with E-state index in [2.05, 4.69) is 9.73 Å². The van der Waals surface area contributed by atoms with Gasteiger partial charge in [0.1, 0.15) is 0 Å². The number of Topliss-reactive ketones (excluding diaryl/α,β-unsaturated/α-hetero) is 1. The first-order valence-electron chi connectivity index (χ1n) is 5.18. The van der Waals surface area contributed by atoms with Crippen LogP contribution in [0, 0.1) is 5.92 Å². The molecule has 1 atom stereocenters. The number of esters is 1. The van der Waals surface area contributed by atoms with Crippen molar-refractivity contribution in [3.63, 3.8) is 0 Å². The molecule has 0 aliphatic carbocycles. The minimum Gasteiger partial charge on any atom is -0.464 e. The van der Waals surface area contributed by atoms with Crippen LogP contribution in [0.5, 0.6) is 0 Å². The van der Waals surface area contributed by atoms with E-state index in [0.717, 1.165) is 18.6 Å². The van der Waals surface area contributed by atoms with Crippen LogP contribution in [-0.4, -0.2) is 37.8 Å². The van der Waals surface area contributed by atoms with Crippen LogP contribution >= 0.6 is 0 Å². The van der Waals surface area contributed by atoms with Crippen LogP contribution in [0.25, 0.3) is 0 Å². The van der Waals surface area contributed by atoms with Crippen LogP contribution in [0.15, 0.2) is 16.8 Å². The van der Waals surface area contributed by atoms with Gasteiger partial charge < -0.3 is 9.47 Å². The molecule has 2 aliphatic rings. The highest BCUT2D eigenvalue weighted by molar-refractivity contribution is 6.65. The molecule has 0 bridgehead atoms. The molecule has 1 fully saturated rings. The first-order valence-corrected chi connectivity index (χ1v) is 5.18. The minimum atomic E-state index is -0.664. The van der Waals surface area contributed by atoms with Crippen LogP contribution in [0.1, 0.15) is 12.8 Å². The van der Waals surface area contributed by atoms with Gasteiger partial charge in [-0.15, -0.1) is 0 Å². The summed E-state index contributed by atoms with van der Waals surface area (Å²) in [5, 5.41) is 0. The van der Waals surface area contributed by atoms with Crippen molar-refractivity contribution in [1.82, 2.24) is 0 Å². The SMILES string of the molecule is COC(=O)C1=NC=C(C2CCOC2)CC1=O. The summed E-state index contributed by atoms with van der Waals surface area (Å²) in [7, 11) is 1.24. The fourth-order valence-corrected chi connectivity index (χ4v) is 1.87. The van der Waals surface area contributed by atoms with E-state index in [1.807, 2.05) is 0 Å². The number of ether oxygens (including phenoxy) is 2. The Kier molecular flexibility index (Phi) is 3.14. The van der Waals surface area contributed by atoms with Crippen molar-refractivity contribution < 1.29 is 19.1 Å². The number of carbonyl (C=O) groups excluding carboxylic acids is 2. The molecule has 0 aromatic heterocycles. The van der Waals surface area contributed by atoms with E-state index in [1.165, 1.54) is 7.11 Å². The van der Waals surface area contributed by atoms with Gasteiger partial charge >= 0.3 is 5.97 Å². The number of methoxy groups -OCH3 is 1. The quantitative estimate of drug-likeness (QED) is 0.639. The maximum atomic E-state index is 11.6. The van der Waals surface area contributed by atoms with Gasteiger partial charge in [0.25, 0.3) is 0 Å². The maximum Gasteiger partial charge on any atom is 0.360 e. The summed E-state index contributed by atoms with van der Waals surface area (Å²) < 4.78 is 9.73. The molecular weight excluding hydrogens is 210 g/mol. The predicted octanol–water partition coefficient (Wildman–Crippen LogP) is 0.494. The Bertz CT molecular complexity index is 377. The standard InChI is InChI=1S/C11H13NO4/c1-15-11(14)10-9(13)4-8(5-12-10)7-2-3-16-6-7/h5,7H,2-4,6H2,1H3. The molecule has 0 spiro atoms. The van der Waals surface area contributed by atoms with Crippen LogP contribution in [0.3, 0.4) is 0 Å². The van der Waals surface area contributed by atoms with Gasteiger partial charge in [0.05, 0.1) is 13.7 Å². The molecule has 2 rings (SSSR count). The molecule has 2 aliphatic heterocycles. The summed E-state index contributed by atoms with van der Waals surface area (Å²) in [6.07, 6.45) is 2.77. The van der Waals surface area contributed by atoms with Gasteiger partial charge in [0, 0.05) is 25.1 Å². The monoisotopic (exact) mass is 223 g/mol. The third kappa shape index (κ3) is 2.04. The lowest BCUT2D eigenvalue weighted by molar-refractivity contribution is -0.133. The van der Waals surface area contributed by atoms with Crippen molar-refractivity contribution in [3.8, 4) is 0 Å². The van der Waals surface area contributed by atoms with Crippen molar-refractivity contribution >= 4 is 17.5 Å². The maximum absolute atomic E-state index is 11.6. The molecule has 0 aromatic rings. The summed E-state index contributed by atoms with van der Waals surface area (Å²) in [6, 6.07) is 0. The van der Waals surface area contributed by atoms with Gasteiger partial charge in [0.2, 0.25) is 0 Å². The van der Waals surface area contributed by atoms with E-state index in [9.17, 15) is 9.59 Å². The molecule has 0 aromatic carbocycles. The molecule has 1 unspecified atom stereocenters. The van der Waals surface area contributed by atoms with Gasteiger partial charge in [-0.1, -0.05) is 0 Å². The lowest BCUT2D eigenvalue weighted by Gasteiger charge is -2.15. The first-order chi connectivity index (χ1) is 7.72. The predicted molar refractivity (Wildman–Crippen MR) is 56.1 cm³/mol.